The third kappa shape index (κ3) is 3.64. The average Bonchev–Trinajstić information content (AvgIpc) is 2.61. The van der Waals surface area contributed by atoms with Gasteiger partial charge < -0.3 is 4.74 Å². The summed E-state index contributed by atoms with van der Waals surface area (Å²) in [7, 11) is 0. The Hall–Kier alpha value is -3.26. The minimum atomic E-state index is -0.359. The lowest BCUT2D eigenvalue weighted by molar-refractivity contribution is 0.0526. The van der Waals surface area contributed by atoms with Crippen molar-refractivity contribution in [2.75, 3.05) is 6.61 Å². The van der Waals surface area contributed by atoms with E-state index < -0.39 is 0 Å². The zero-order valence-corrected chi connectivity index (χ0v) is 14.1. The Bertz CT molecular complexity index is 990. The lowest BCUT2D eigenvalue weighted by atomic mass is 10.0. The van der Waals surface area contributed by atoms with Crippen LogP contribution in [0.2, 0.25) is 0 Å². The van der Waals surface area contributed by atoms with Gasteiger partial charge in [0.1, 0.15) is 6.07 Å². The van der Waals surface area contributed by atoms with Gasteiger partial charge in [0.05, 0.1) is 23.3 Å². The SMILES string of the molecule is CCOC(=O)c1ccnc(Cc2cc(C#N)c3ncc(C)cc3c2)c1. The van der Waals surface area contributed by atoms with Crippen molar-refractivity contribution in [3.63, 3.8) is 0 Å². The number of fused-ring (bicyclic) bond motifs is 1. The van der Waals surface area contributed by atoms with Gasteiger partial charge >= 0.3 is 5.97 Å². The first-order chi connectivity index (χ1) is 12.1. The van der Waals surface area contributed by atoms with Crippen LogP contribution < -0.4 is 0 Å². The van der Waals surface area contributed by atoms with Gasteiger partial charge in [0.2, 0.25) is 0 Å². The number of ether oxygens (including phenoxy) is 1. The van der Waals surface area contributed by atoms with Crippen LogP contribution in [0.5, 0.6) is 0 Å². The van der Waals surface area contributed by atoms with Crippen molar-refractivity contribution in [2.24, 2.45) is 0 Å². The third-order valence-electron chi connectivity index (χ3n) is 3.81. The molecule has 25 heavy (non-hydrogen) atoms. The Morgan fingerprint density at radius 1 is 1.24 bits per heavy atom. The molecule has 0 bridgehead atoms. The molecule has 2 heterocycles. The van der Waals surface area contributed by atoms with Crippen LogP contribution >= 0.6 is 0 Å². The fraction of sp³-hybridized carbons (Fsp3) is 0.200. The number of carbonyl (C=O) groups excluding carboxylic acids is 1. The smallest absolute Gasteiger partial charge is 0.338 e. The number of esters is 1. The highest BCUT2D eigenvalue weighted by Gasteiger charge is 2.10. The number of carbonyl (C=O) groups is 1. The standard InChI is InChI=1S/C20H17N3O2/c1-3-25-20(24)15-4-5-22-18(10-15)9-14-7-16-6-13(2)12-23-19(16)17(8-14)11-21/h4-8,10,12H,3,9H2,1-2H3. The largest absolute Gasteiger partial charge is 0.462 e. The van der Waals surface area contributed by atoms with Crippen molar-refractivity contribution >= 4 is 16.9 Å². The quantitative estimate of drug-likeness (QED) is 0.683. The first-order valence-electron chi connectivity index (χ1n) is 8.02. The van der Waals surface area contributed by atoms with Crippen LogP contribution in [0.15, 0.2) is 42.7 Å². The number of hydrogen-bond donors (Lipinski definition) is 0. The molecule has 0 aliphatic rings. The second-order valence-corrected chi connectivity index (χ2v) is 5.77. The number of benzene rings is 1. The van der Waals surface area contributed by atoms with Crippen LogP contribution in [-0.4, -0.2) is 22.5 Å². The van der Waals surface area contributed by atoms with E-state index in [1.807, 2.05) is 25.1 Å². The monoisotopic (exact) mass is 331 g/mol. The van der Waals surface area contributed by atoms with Gasteiger partial charge in [0, 0.05) is 29.9 Å². The maximum atomic E-state index is 11.9. The van der Waals surface area contributed by atoms with E-state index in [1.165, 1.54) is 0 Å². The zero-order chi connectivity index (χ0) is 17.8. The molecule has 1 aromatic carbocycles. The van der Waals surface area contributed by atoms with E-state index in [-0.39, 0.29) is 5.97 Å². The van der Waals surface area contributed by atoms with Crippen LogP contribution in [0, 0.1) is 18.3 Å². The summed E-state index contributed by atoms with van der Waals surface area (Å²) in [6, 6.07) is 11.4. The van der Waals surface area contributed by atoms with E-state index in [4.69, 9.17) is 4.74 Å². The molecule has 0 saturated carbocycles. The highest BCUT2D eigenvalue weighted by Crippen LogP contribution is 2.21. The Balaban J connectivity index is 1.97. The summed E-state index contributed by atoms with van der Waals surface area (Å²) >= 11 is 0. The summed E-state index contributed by atoms with van der Waals surface area (Å²) in [5.74, 6) is -0.359. The van der Waals surface area contributed by atoms with Crippen molar-refractivity contribution < 1.29 is 9.53 Å². The number of aromatic nitrogens is 2. The zero-order valence-electron chi connectivity index (χ0n) is 14.1. The Kier molecular flexibility index (Phi) is 4.71. The fourth-order valence-electron chi connectivity index (χ4n) is 2.73. The van der Waals surface area contributed by atoms with Crippen LogP contribution in [0.1, 0.15) is 39.7 Å². The summed E-state index contributed by atoms with van der Waals surface area (Å²) in [6.45, 7) is 4.07. The second kappa shape index (κ2) is 7.10. The number of nitriles is 1. The second-order valence-electron chi connectivity index (χ2n) is 5.77. The molecule has 0 N–H and O–H groups in total. The van der Waals surface area contributed by atoms with Crippen LogP contribution in [0.4, 0.5) is 0 Å². The molecular formula is C20H17N3O2. The van der Waals surface area contributed by atoms with E-state index in [2.05, 4.69) is 16.0 Å². The average molecular weight is 331 g/mol. The lowest BCUT2D eigenvalue weighted by Gasteiger charge is -2.07. The highest BCUT2D eigenvalue weighted by molar-refractivity contribution is 5.89. The normalized spacial score (nSPS) is 10.4. The van der Waals surface area contributed by atoms with Crippen LogP contribution in [0.25, 0.3) is 10.9 Å². The molecule has 0 atom stereocenters. The van der Waals surface area contributed by atoms with Crippen molar-refractivity contribution in [3.05, 3.63) is 70.7 Å². The number of hydrogen-bond acceptors (Lipinski definition) is 5. The lowest BCUT2D eigenvalue weighted by Crippen LogP contribution is -2.06. The molecule has 5 heteroatoms. The highest BCUT2D eigenvalue weighted by atomic mass is 16.5. The van der Waals surface area contributed by atoms with Gasteiger partial charge in [-0.05, 0) is 55.3 Å². The molecule has 0 saturated heterocycles. The first-order valence-corrected chi connectivity index (χ1v) is 8.02. The van der Waals surface area contributed by atoms with Crippen LogP contribution in [0.3, 0.4) is 0 Å². The summed E-state index contributed by atoms with van der Waals surface area (Å²) in [5.41, 5.74) is 4.44. The molecule has 0 fully saturated rings. The fourth-order valence-corrected chi connectivity index (χ4v) is 2.73. The summed E-state index contributed by atoms with van der Waals surface area (Å²) in [4.78, 5) is 20.5. The van der Waals surface area contributed by atoms with Gasteiger partial charge in [-0.2, -0.15) is 5.26 Å². The van der Waals surface area contributed by atoms with Gasteiger partial charge in [-0.15, -0.1) is 0 Å². The summed E-state index contributed by atoms with van der Waals surface area (Å²) < 4.78 is 5.02. The van der Waals surface area contributed by atoms with Gasteiger partial charge in [-0.3, -0.25) is 9.97 Å². The Morgan fingerprint density at radius 3 is 2.84 bits per heavy atom. The minimum absolute atomic E-state index is 0.332. The molecular weight excluding hydrogens is 314 g/mol. The number of rotatable bonds is 4. The van der Waals surface area contributed by atoms with E-state index in [0.717, 1.165) is 22.2 Å². The Morgan fingerprint density at radius 2 is 2.08 bits per heavy atom. The topological polar surface area (TPSA) is 75.9 Å². The van der Waals surface area contributed by atoms with Crippen LogP contribution in [-0.2, 0) is 11.2 Å². The number of nitrogens with zero attached hydrogens (tertiary/aromatic N) is 3. The van der Waals surface area contributed by atoms with E-state index in [9.17, 15) is 10.1 Å². The molecule has 3 aromatic rings. The van der Waals surface area contributed by atoms with Crippen molar-refractivity contribution in [1.29, 1.82) is 5.26 Å². The summed E-state index contributed by atoms with van der Waals surface area (Å²) in [5, 5.41) is 10.3. The van der Waals surface area contributed by atoms with Crippen molar-refractivity contribution in [1.82, 2.24) is 9.97 Å². The number of aryl methyl sites for hydroxylation is 1. The van der Waals surface area contributed by atoms with Gasteiger partial charge in [-0.25, -0.2) is 4.79 Å². The van der Waals surface area contributed by atoms with Gasteiger partial charge in [0.25, 0.3) is 0 Å². The molecule has 0 aliphatic carbocycles. The van der Waals surface area contributed by atoms with Crippen molar-refractivity contribution in [2.45, 2.75) is 20.3 Å². The molecule has 0 aliphatic heterocycles. The van der Waals surface area contributed by atoms with Gasteiger partial charge in [0.15, 0.2) is 0 Å². The minimum Gasteiger partial charge on any atom is -0.462 e. The predicted octanol–water partition coefficient (Wildman–Crippen LogP) is 3.58. The number of pyridine rings is 2. The molecule has 5 nitrogen and oxygen atoms in total. The molecule has 0 spiro atoms. The molecule has 124 valence electrons. The third-order valence-corrected chi connectivity index (χ3v) is 3.81. The molecule has 2 aromatic heterocycles. The van der Waals surface area contributed by atoms with Crippen molar-refractivity contribution in [3.8, 4) is 6.07 Å². The molecule has 0 unspecified atom stereocenters. The van der Waals surface area contributed by atoms with Gasteiger partial charge in [-0.1, -0.05) is 0 Å². The van der Waals surface area contributed by atoms with E-state index >= 15 is 0 Å². The molecule has 0 radical (unpaired) electrons. The Labute approximate surface area is 145 Å². The summed E-state index contributed by atoms with van der Waals surface area (Å²) in [6.07, 6.45) is 3.87. The first kappa shape index (κ1) is 16.6. The maximum absolute atomic E-state index is 11.9. The predicted molar refractivity (Wildman–Crippen MR) is 94.2 cm³/mol. The molecule has 0 amide bonds. The van der Waals surface area contributed by atoms with E-state index in [0.29, 0.717) is 29.7 Å². The molecule has 3 rings (SSSR count). The maximum Gasteiger partial charge on any atom is 0.338 e. The van der Waals surface area contributed by atoms with E-state index in [1.54, 1.807) is 31.5 Å².